The first-order valence-corrected chi connectivity index (χ1v) is 2.46. The van der Waals surface area contributed by atoms with Gasteiger partial charge >= 0.3 is 0 Å². The number of halogens is 1. The summed E-state index contributed by atoms with van der Waals surface area (Å²) in [5.41, 5.74) is 0. The Balaban J connectivity index is 2.88. The molecule has 34 valence electrons. The van der Waals surface area contributed by atoms with Gasteiger partial charge in [-0.25, -0.2) is 0 Å². The lowest BCUT2D eigenvalue weighted by Gasteiger charge is -1.84. The van der Waals surface area contributed by atoms with Gasteiger partial charge in [0.15, 0.2) is 4.90 Å². The van der Waals surface area contributed by atoms with Gasteiger partial charge in [0.1, 0.15) is 5.40 Å². The Morgan fingerprint density at radius 2 is 2.50 bits per heavy atom. The maximum atomic E-state index is 8.06. The second-order valence-electron chi connectivity index (χ2n) is 0.501. The van der Waals surface area contributed by atoms with Gasteiger partial charge in [0.25, 0.3) is 0 Å². The molecule has 1 N–H and O–H groups in total. The molecular weight excluding hydrogens is 122 g/mol. The van der Waals surface area contributed by atoms with Gasteiger partial charge in [-0.1, -0.05) is 11.6 Å². The van der Waals surface area contributed by atoms with Crippen molar-refractivity contribution in [3.8, 4) is 5.40 Å². The molecule has 0 heterocycles. The van der Waals surface area contributed by atoms with Crippen LogP contribution in [0.25, 0.3) is 0 Å². The summed E-state index contributed by atoms with van der Waals surface area (Å²) in [6.07, 6.45) is 0. The summed E-state index contributed by atoms with van der Waals surface area (Å²) >= 11 is 5.49. The number of rotatable bonds is 1. The molecular formula is C2H2ClNOS. The van der Waals surface area contributed by atoms with E-state index in [0.29, 0.717) is 11.8 Å². The van der Waals surface area contributed by atoms with Gasteiger partial charge in [-0.05, 0) is 0 Å². The van der Waals surface area contributed by atoms with Crippen molar-refractivity contribution in [1.29, 1.82) is 5.26 Å². The van der Waals surface area contributed by atoms with Crippen LogP contribution in [0.1, 0.15) is 0 Å². The molecule has 0 aromatic rings. The lowest BCUT2D eigenvalue weighted by atomic mass is 11.7. The van der Waals surface area contributed by atoms with Gasteiger partial charge < -0.3 is 5.11 Å². The normalized spacial score (nSPS) is 12.8. The predicted molar refractivity (Wildman–Crippen MR) is 25.1 cm³/mol. The van der Waals surface area contributed by atoms with Crippen LogP contribution in [-0.2, 0) is 0 Å². The number of hydrogen-bond donors (Lipinski definition) is 1. The summed E-state index contributed by atoms with van der Waals surface area (Å²) in [6.45, 7) is 0. The van der Waals surface area contributed by atoms with Gasteiger partial charge in [-0.2, -0.15) is 5.26 Å². The highest BCUT2D eigenvalue weighted by molar-refractivity contribution is 8.05. The second-order valence-corrected chi connectivity index (χ2v) is 2.04. The zero-order valence-electron chi connectivity index (χ0n) is 2.76. The van der Waals surface area contributed by atoms with Crippen LogP contribution in [0.5, 0.6) is 0 Å². The van der Waals surface area contributed by atoms with E-state index < -0.39 is 4.90 Å². The van der Waals surface area contributed by atoms with Crippen molar-refractivity contribution in [2.24, 2.45) is 0 Å². The lowest BCUT2D eigenvalue weighted by Crippen LogP contribution is -1.81. The van der Waals surface area contributed by atoms with Crippen LogP contribution in [-0.4, -0.2) is 10.0 Å². The maximum absolute atomic E-state index is 8.06. The molecule has 0 saturated heterocycles. The molecule has 0 saturated carbocycles. The van der Waals surface area contributed by atoms with E-state index in [0.717, 1.165) is 0 Å². The van der Waals surface area contributed by atoms with E-state index in [9.17, 15) is 0 Å². The molecule has 0 aliphatic carbocycles. The Morgan fingerprint density at radius 3 is 2.50 bits per heavy atom. The van der Waals surface area contributed by atoms with Gasteiger partial charge in [-0.15, -0.1) is 0 Å². The van der Waals surface area contributed by atoms with Crippen LogP contribution in [0.4, 0.5) is 0 Å². The largest absolute Gasteiger partial charge is 0.368 e. The maximum Gasteiger partial charge on any atom is 0.189 e. The third-order valence-electron chi connectivity index (χ3n) is 0.150. The number of thiocyanates is 1. The Labute approximate surface area is 44.7 Å². The van der Waals surface area contributed by atoms with Gasteiger partial charge in [0, 0.05) is 11.8 Å². The summed E-state index contributed by atoms with van der Waals surface area (Å²) in [4.78, 5) is -1.07. The van der Waals surface area contributed by atoms with E-state index in [1.165, 1.54) is 0 Å². The van der Waals surface area contributed by atoms with Crippen LogP contribution in [0.2, 0.25) is 0 Å². The third kappa shape index (κ3) is 4.09. The van der Waals surface area contributed by atoms with E-state index >= 15 is 0 Å². The summed E-state index contributed by atoms with van der Waals surface area (Å²) in [5.74, 6) is 0. The molecule has 0 aromatic carbocycles. The predicted octanol–water partition coefficient (Wildman–Crippen LogP) is 0.715. The van der Waals surface area contributed by atoms with E-state index in [1.54, 1.807) is 5.40 Å². The lowest BCUT2D eigenvalue weighted by molar-refractivity contribution is 0.340. The number of nitrogens with zero attached hydrogens (tertiary/aromatic N) is 1. The Kier molecular flexibility index (Phi) is 3.34. The van der Waals surface area contributed by atoms with E-state index in [1.807, 2.05) is 0 Å². The Morgan fingerprint density at radius 1 is 2.00 bits per heavy atom. The minimum absolute atomic E-state index is 0.613. The summed E-state index contributed by atoms with van der Waals surface area (Å²) < 4.78 is 0. The molecule has 0 aliphatic rings. The van der Waals surface area contributed by atoms with Crippen LogP contribution < -0.4 is 0 Å². The molecule has 0 rings (SSSR count). The SMILES string of the molecule is N#CSC(O)Cl. The molecule has 0 aliphatic heterocycles. The fraction of sp³-hybridized carbons (Fsp3) is 0.500. The number of nitriles is 1. The van der Waals surface area contributed by atoms with Crippen molar-refractivity contribution in [3.05, 3.63) is 0 Å². The van der Waals surface area contributed by atoms with Crippen LogP contribution in [0.3, 0.4) is 0 Å². The minimum Gasteiger partial charge on any atom is -0.368 e. The number of aliphatic hydroxyl groups is 1. The van der Waals surface area contributed by atoms with Crippen molar-refractivity contribution in [2.75, 3.05) is 0 Å². The topological polar surface area (TPSA) is 44.0 Å². The van der Waals surface area contributed by atoms with Crippen LogP contribution in [0.15, 0.2) is 0 Å². The highest BCUT2D eigenvalue weighted by Gasteiger charge is 1.91. The molecule has 0 fully saturated rings. The quantitative estimate of drug-likeness (QED) is 0.317. The fourth-order valence-electron chi connectivity index (χ4n) is 0.0435. The van der Waals surface area contributed by atoms with Gasteiger partial charge in [-0.3, -0.25) is 0 Å². The standard InChI is InChI=1S/C2H2ClNOS/c3-2(5)6-1-4/h2,5H. The molecule has 0 aromatic heterocycles. The average molecular weight is 124 g/mol. The third-order valence-corrected chi connectivity index (χ3v) is 0.717. The van der Waals surface area contributed by atoms with Crippen LogP contribution >= 0.6 is 23.4 Å². The highest BCUT2D eigenvalue weighted by Crippen LogP contribution is 2.07. The number of alkyl halides is 1. The molecule has 4 heteroatoms. The molecule has 1 atom stereocenters. The highest BCUT2D eigenvalue weighted by atomic mass is 35.5. The number of hydrogen-bond acceptors (Lipinski definition) is 3. The molecule has 0 radical (unpaired) electrons. The second kappa shape index (κ2) is 3.29. The summed E-state index contributed by atoms with van der Waals surface area (Å²) in [7, 11) is 0. The smallest absolute Gasteiger partial charge is 0.189 e. The van der Waals surface area contributed by atoms with Crippen molar-refractivity contribution < 1.29 is 5.11 Å². The van der Waals surface area contributed by atoms with Crippen molar-refractivity contribution in [1.82, 2.24) is 0 Å². The monoisotopic (exact) mass is 123 g/mol. The first kappa shape index (κ1) is 6.09. The number of aliphatic hydroxyl groups excluding tert-OH is 1. The summed E-state index contributed by atoms with van der Waals surface area (Å²) in [5, 5.41) is 17.4. The molecule has 0 amide bonds. The zero-order chi connectivity index (χ0) is 4.99. The molecule has 1 unspecified atom stereocenters. The fourth-order valence-corrected chi connectivity index (χ4v) is 0.250. The first-order valence-electron chi connectivity index (χ1n) is 1.14. The number of thioether (sulfide) groups is 1. The molecule has 2 nitrogen and oxygen atoms in total. The molecule has 0 bridgehead atoms. The van der Waals surface area contributed by atoms with Crippen LogP contribution in [0, 0.1) is 10.7 Å². The zero-order valence-corrected chi connectivity index (χ0v) is 4.33. The molecule has 6 heavy (non-hydrogen) atoms. The van der Waals surface area contributed by atoms with Gasteiger partial charge in [0.2, 0.25) is 0 Å². The van der Waals surface area contributed by atoms with Crippen molar-refractivity contribution in [2.45, 2.75) is 4.90 Å². The Hall–Kier alpha value is 0.0900. The van der Waals surface area contributed by atoms with E-state index in [2.05, 4.69) is 0 Å². The van der Waals surface area contributed by atoms with E-state index in [-0.39, 0.29) is 0 Å². The average Bonchev–Trinajstić information content (AvgIpc) is 1.35. The molecule has 0 spiro atoms. The minimum atomic E-state index is -1.07. The first-order chi connectivity index (χ1) is 2.77. The van der Waals surface area contributed by atoms with E-state index in [4.69, 9.17) is 22.0 Å². The van der Waals surface area contributed by atoms with Crippen molar-refractivity contribution in [3.63, 3.8) is 0 Å². The van der Waals surface area contributed by atoms with Gasteiger partial charge in [0.05, 0.1) is 0 Å². The van der Waals surface area contributed by atoms with Crippen molar-refractivity contribution >= 4 is 23.4 Å². The Bertz CT molecular complexity index is 68.4. The summed E-state index contributed by atoms with van der Waals surface area (Å²) in [6, 6.07) is 0.